The van der Waals surface area contributed by atoms with Crippen LogP contribution in [0.1, 0.15) is 15.2 Å². The van der Waals surface area contributed by atoms with Gasteiger partial charge in [-0.15, -0.1) is 11.3 Å². The van der Waals surface area contributed by atoms with E-state index < -0.39 is 4.92 Å². The molecule has 0 radical (unpaired) electrons. The quantitative estimate of drug-likeness (QED) is 0.444. The summed E-state index contributed by atoms with van der Waals surface area (Å²) in [5.41, 5.74) is 2.33. The number of non-ortho nitro benzene ring substituents is 1. The van der Waals surface area contributed by atoms with Crippen molar-refractivity contribution in [2.45, 2.75) is 6.54 Å². The topological polar surface area (TPSA) is 63.4 Å². The number of carbonyl (C=O) groups is 1. The van der Waals surface area contributed by atoms with E-state index in [2.05, 4.69) is 0 Å². The molecule has 0 N–H and O–H groups in total. The number of nitro benzene ring substituents is 1. The fourth-order valence-corrected chi connectivity index (χ4v) is 3.70. The Morgan fingerprint density at radius 3 is 2.62 bits per heavy atom. The van der Waals surface area contributed by atoms with Crippen LogP contribution < -0.4 is 0 Å². The van der Waals surface area contributed by atoms with Crippen LogP contribution in [0.2, 0.25) is 5.02 Å². The third-order valence-corrected chi connectivity index (χ3v) is 5.21. The van der Waals surface area contributed by atoms with Crippen LogP contribution >= 0.6 is 22.9 Å². The highest BCUT2D eigenvalue weighted by molar-refractivity contribution is 7.12. The Labute approximate surface area is 159 Å². The lowest BCUT2D eigenvalue weighted by molar-refractivity contribution is -0.384. The zero-order valence-corrected chi connectivity index (χ0v) is 15.5. The summed E-state index contributed by atoms with van der Waals surface area (Å²) in [6.45, 7) is 0.186. The second-order valence-electron chi connectivity index (χ2n) is 5.72. The molecule has 26 heavy (non-hydrogen) atoms. The van der Waals surface area contributed by atoms with Gasteiger partial charge in [0.15, 0.2) is 0 Å². The number of rotatable bonds is 5. The molecule has 0 atom stereocenters. The van der Waals surface area contributed by atoms with E-state index in [1.807, 2.05) is 41.8 Å². The first kappa shape index (κ1) is 18.1. The van der Waals surface area contributed by atoms with Gasteiger partial charge in [0.05, 0.1) is 9.80 Å². The van der Waals surface area contributed by atoms with E-state index in [4.69, 9.17) is 11.6 Å². The van der Waals surface area contributed by atoms with Crippen LogP contribution in [0, 0.1) is 10.1 Å². The maximum Gasteiger partial charge on any atom is 0.269 e. The summed E-state index contributed by atoms with van der Waals surface area (Å²) in [4.78, 5) is 25.5. The van der Waals surface area contributed by atoms with E-state index in [0.29, 0.717) is 15.5 Å². The van der Waals surface area contributed by atoms with Crippen molar-refractivity contribution in [2.75, 3.05) is 7.05 Å². The average molecular weight is 387 g/mol. The van der Waals surface area contributed by atoms with Crippen molar-refractivity contribution in [1.29, 1.82) is 0 Å². The molecular formula is C19H15ClN2O3S. The molecule has 0 saturated carbocycles. The van der Waals surface area contributed by atoms with Crippen molar-refractivity contribution in [3.63, 3.8) is 0 Å². The van der Waals surface area contributed by atoms with Crippen molar-refractivity contribution < 1.29 is 9.72 Å². The second kappa shape index (κ2) is 7.68. The summed E-state index contributed by atoms with van der Waals surface area (Å²) in [6.07, 6.45) is 0. The molecule has 1 amide bonds. The normalized spacial score (nSPS) is 10.5. The van der Waals surface area contributed by atoms with E-state index in [-0.39, 0.29) is 18.1 Å². The van der Waals surface area contributed by atoms with Gasteiger partial charge in [0, 0.05) is 36.3 Å². The fraction of sp³-hybridized carbons (Fsp3) is 0.105. The molecule has 3 rings (SSSR count). The molecule has 1 heterocycles. The molecule has 0 aliphatic rings. The predicted octanol–water partition coefficient (Wildman–Crippen LogP) is 5.25. The molecule has 2 aromatic carbocycles. The minimum Gasteiger partial charge on any atom is -0.337 e. The van der Waals surface area contributed by atoms with Crippen LogP contribution in [0.4, 0.5) is 5.69 Å². The van der Waals surface area contributed by atoms with Gasteiger partial charge in [-0.2, -0.15) is 0 Å². The molecule has 0 fully saturated rings. The Morgan fingerprint density at radius 2 is 1.92 bits per heavy atom. The van der Waals surface area contributed by atoms with E-state index >= 15 is 0 Å². The highest BCUT2D eigenvalue weighted by Crippen LogP contribution is 2.30. The van der Waals surface area contributed by atoms with Crippen molar-refractivity contribution in [1.82, 2.24) is 4.90 Å². The van der Waals surface area contributed by atoms with Gasteiger partial charge in [-0.3, -0.25) is 14.9 Å². The molecule has 0 aliphatic heterocycles. The fourth-order valence-electron chi connectivity index (χ4n) is 2.62. The second-order valence-corrected chi connectivity index (χ2v) is 7.05. The smallest absolute Gasteiger partial charge is 0.269 e. The first-order valence-electron chi connectivity index (χ1n) is 7.78. The minimum absolute atomic E-state index is 0.0497. The molecule has 1 aromatic heterocycles. The van der Waals surface area contributed by atoms with Crippen molar-refractivity contribution in [3.05, 3.63) is 85.6 Å². The SMILES string of the molecule is CN(Cc1cc([N+](=O)[O-])ccc1Cl)C(=O)c1sccc1-c1ccccc1. The lowest BCUT2D eigenvalue weighted by atomic mass is 10.1. The molecule has 3 aromatic rings. The standard InChI is InChI=1S/C19H15ClN2O3S/c1-21(12-14-11-15(22(24)25)7-8-17(14)20)19(23)18-16(9-10-26-18)13-5-3-2-4-6-13/h2-11H,12H2,1H3. The van der Waals surface area contributed by atoms with Gasteiger partial charge < -0.3 is 4.90 Å². The maximum absolute atomic E-state index is 12.9. The van der Waals surface area contributed by atoms with Gasteiger partial charge >= 0.3 is 0 Å². The van der Waals surface area contributed by atoms with Gasteiger partial charge in [0.25, 0.3) is 11.6 Å². The minimum atomic E-state index is -0.478. The molecule has 132 valence electrons. The van der Waals surface area contributed by atoms with Crippen LogP contribution in [-0.4, -0.2) is 22.8 Å². The summed E-state index contributed by atoms with van der Waals surface area (Å²) in [5, 5.41) is 13.2. The number of nitrogens with zero attached hydrogens (tertiary/aromatic N) is 2. The predicted molar refractivity (Wildman–Crippen MR) is 104 cm³/mol. The van der Waals surface area contributed by atoms with Gasteiger partial charge in [-0.05, 0) is 28.6 Å². The van der Waals surface area contributed by atoms with E-state index in [1.165, 1.54) is 34.4 Å². The Bertz CT molecular complexity index is 956. The molecule has 0 unspecified atom stereocenters. The average Bonchev–Trinajstić information content (AvgIpc) is 3.13. The van der Waals surface area contributed by atoms with Crippen LogP contribution in [0.5, 0.6) is 0 Å². The molecular weight excluding hydrogens is 372 g/mol. The van der Waals surface area contributed by atoms with E-state index in [0.717, 1.165) is 11.1 Å². The van der Waals surface area contributed by atoms with Crippen LogP contribution in [0.25, 0.3) is 11.1 Å². The van der Waals surface area contributed by atoms with Gasteiger partial charge in [0.2, 0.25) is 0 Å². The lowest BCUT2D eigenvalue weighted by Crippen LogP contribution is -2.26. The lowest BCUT2D eigenvalue weighted by Gasteiger charge is -2.18. The third-order valence-electron chi connectivity index (χ3n) is 3.94. The van der Waals surface area contributed by atoms with Crippen LogP contribution in [0.15, 0.2) is 60.0 Å². The van der Waals surface area contributed by atoms with Crippen molar-refractivity contribution in [2.24, 2.45) is 0 Å². The zero-order chi connectivity index (χ0) is 18.7. The number of hydrogen-bond acceptors (Lipinski definition) is 4. The van der Waals surface area contributed by atoms with Crippen molar-refractivity contribution in [3.8, 4) is 11.1 Å². The summed E-state index contributed by atoms with van der Waals surface area (Å²) < 4.78 is 0. The largest absolute Gasteiger partial charge is 0.337 e. The zero-order valence-electron chi connectivity index (χ0n) is 13.9. The number of amides is 1. The number of thiophene rings is 1. The summed E-state index contributed by atoms with van der Waals surface area (Å²) in [5.74, 6) is -0.151. The number of halogens is 1. The molecule has 5 nitrogen and oxygen atoms in total. The van der Waals surface area contributed by atoms with E-state index in [1.54, 1.807) is 7.05 Å². The Kier molecular flexibility index (Phi) is 5.35. The van der Waals surface area contributed by atoms with Gasteiger partial charge in [-0.1, -0.05) is 41.9 Å². The highest BCUT2D eigenvalue weighted by atomic mass is 35.5. The first-order chi connectivity index (χ1) is 12.5. The van der Waals surface area contributed by atoms with Gasteiger partial charge in [-0.25, -0.2) is 0 Å². The Morgan fingerprint density at radius 1 is 1.19 bits per heavy atom. The van der Waals surface area contributed by atoms with Crippen molar-refractivity contribution >= 4 is 34.5 Å². The molecule has 0 spiro atoms. The molecule has 0 bridgehead atoms. The van der Waals surface area contributed by atoms with Gasteiger partial charge in [0.1, 0.15) is 0 Å². The molecule has 0 aliphatic carbocycles. The number of carbonyl (C=O) groups excluding carboxylic acids is 1. The van der Waals surface area contributed by atoms with Crippen LogP contribution in [0.3, 0.4) is 0 Å². The summed E-state index contributed by atoms with van der Waals surface area (Å²) in [6, 6.07) is 15.8. The van der Waals surface area contributed by atoms with Crippen LogP contribution in [-0.2, 0) is 6.54 Å². The maximum atomic E-state index is 12.9. The Hall–Kier alpha value is -2.70. The number of nitro groups is 1. The molecule has 7 heteroatoms. The first-order valence-corrected chi connectivity index (χ1v) is 9.04. The third kappa shape index (κ3) is 3.76. The van der Waals surface area contributed by atoms with E-state index in [9.17, 15) is 14.9 Å². The summed E-state index contributed by atoms with van der Waals surface area (Å²) in [7, 11) is 1.66. The monoisotopic (exact) mass is 386 g/mol. The Balaban J connectivity index is 1.85. The number of hydrogen-bond donors (Lipinski definition) is 0. The molecule has 0 saturated heterocycles. The summed E-state index contributed by atoms with van der Waals surface area (Å²) >= 11 is 7.51. The number of benzene rings is 2. The highest BCUT2D eigenvalue weighted by Gasteiger charge is 2.20.